The molecule has 1 atom stereocenters. The lowest BCUT2D eigenvalue weighted by molar-refractivity contribution is 0.386. The number of nitrogens with one attached hydrogen (secondary N) is 1. The lowest BCUT2D eigenvalue weighted by Crippen LogP contribution is -2.23. The van der Waals surface area contributed by atoms with Crippen molar-refractivity contribution in [2.75, 3.05) is 13.7 Å². The molecule has 1 aliphatic carbocycles. The summed E-state index contributed by atoms with van der Waals surface area (Å²) in [7, 11) is 1.71. The van der Waals surface area contributed by atoms with Crippen LogP contribution >= 0.6 is 0 Å². The summed E-state index contributed by atoms with van der Waals surface area (Å²) in [5.41, 5.74) is 1.05. The Kier molecular flexibility index (Phi) is 3.78. The highest BCUT2D eigenvalue weighted by Gasteiger charge is 2.27. The van der Waals surface area contributed by atoms with E-state index in [1.807, 2.05) is 18.3 Å². The predicted molar refractivity (Wildman–Crippen MR) is 64.5 cm³/mol. The molecule has 0 spiro atoms. The second kappa shape index (κ2) is 5.30. The Hall–Kier alpha value is -1.09. The third-order valence-electron chi connectivity index (χ3n) is 3.07. The molecule has 0 amide bonds. The molecule has 0 bridgehead atoms. The van der Waals surface area contributed by atoms with E-state index in [2.05, 4.69) is 17.2 Å². The van der Waals surface area contributed by atoms with Gasteiger partial charge in [0.1, 0.15) is 5.75 Å². The molecular weight excluding hydrogens is 200 g/mol. The van der Waals surface area contributed by atoms with E-state index in [9.17, 15) is 0 Å². The first-order chi connectivity index (χ1) is 7.85. The van der Waals surface area contributed by atoms with Gasteiger partial charge >= 0.3 is 0 Å². The van der Waals surface area contributed by atoms with Crippen LogP contribution in [0.15, 0.2) is 18.3 Å². The zero-order valence-corrected chi connectivity index (χ0v) is 10.1. The van der Waals surface area contributed by atoms with Gasteiger partial charge in [-0.3, -0.25) is 4.98 Å². The first-order valence-corrected chi connectivity index (χ1v) is 6.07. The van der Waals surface area contributed by atoms with E-state index >= 15 is 0 Å². The number of nitrogens with zero attached hydrogens (tertiary/aromatic N) is 1. The highest BCUT2D eigenvalue weighted by atomic mass is 16.5. The Morgan fingerprint density at radius 3 is 3.00 bits per heavy atom. The lowest BCUT2D eigenvalue weighted by atomic mass is 10.1. The van der Waals surface area contributed by atoms with Gasteiger partial charge in [0.15, 0.2) is 0 Å². The number of rotatable bonds is 6. The molecule has 2 rings (SSSR count). The molecule has 1 heterocycles. The number of hydrogen-bond donors (Lipinski definition) is 1. The molecular formula is C13H20N2O. The van der Waals surface area contributed by atoms with Crippen molar-refractivity contribution in [3.63, 3.8) is 0 Å². The zero-order valence-electron chi connectivity index (χ0n) is 10.1. The van der Waals surface area contributed by atoms with Gasteiger partial charge in [-0.2, -0.15) is 0 Å². The van der Waals surface area contributed by atoms with Crippen molar-refractivity contribution in [3.05, 3.63) is 24.0 Å². The molecule has 0 aliphatic heterocycles. The molecule has 16 heavy (non-hydrogen) atoms. The van der Waals surface area contributed by atoms with Gasteiger partial charge < -0.3 is 10.1 Å². The normalized spacial score (nSPS) is 17.1. The smallest absolute Gasteiger partial charge is 0.141 e. The minimum absolute atomic E-state index is 0.341. The molecule has 1 N–H and O–H groups in total. The summed E-state index contributed by atoms with van der Waals surface area (Å²) in [5.74, 6) is 1.78. The summed E-state index contributed by atoms with van der Waals surface area (Å²) in [4.78, 5) is 4.46. The quantitative estimate of drug-likeness (QED) is 0.800. The Bertz CT molecular complexity index is 336. The molecule has 0 radical (unpaired) electrons. The van der Waals surface area contributed by atoms with E-state index in [4.69, 9.17) is 4.74 Å². The Balaban J connectivity index is 2.14. The van der Waals surface area contributed by atoms with Crippen molar-refractivity contribution < 1.29 is 4.74 Å². The zero-order chi connectivity index (χ0) is 11.4. The minimum atomic E-state index is 0.341. The highest BCUT2D eigenvalue weighted by molar-refractivity contribution is 5.29. The predicted octanol–water partition coefficient (Wildman–Crippen LogP) is 2.54. The van der Waals surface area contributed by atoms with Crippen molar-refractivity contribution >= 4 is 0 Å². The van der Waals surface area contributed by atoms with Crippen LogP contribution in [0.1, 0.15) is 37.9 Å². The van der Waals surface area contributed by atoms with Gasteiger partial charge in [-0.25, -0.2) is 0 Å². The van der Waals surface area contributed by atoms with Crippen LogP contribution in [0.4, 0.5) is 0 Å². The maximum absolute atomic E-state index is 5.37. The van der Waals surface area contributed by atoms with Crippen LogP contribution in [-0.2, 0) is 0 Å². The van der Waals surface area contributed by atoms with E-state index in [-0.39, 0.29) is 0 Å². The summed E-state index contributed by atoms with van der Waals surface area (Å²) >= 11 is 0. The van der Waals surface area contributed by atoms with Crippen molar-refractivity contribution in [3.8, 4) is 5.75 Å². The maximum Gasteiger partial charge on any atom is 0.141 e. The van der Waals surface area contributed by atoms with Crippen LogP contribution in [-0.4, -0.2) is 18.6 Å². The van der Waals surface area contributed by atoms with Gasteiger partial charge in [-0.15, -0.1) is 0 Å². The summed E-state index contributed by atoms with van der Waals surface area (Å²) < 4.78 is 5.37. The number of pyridine rings is 1. The van der Waals surface area contributed by atoms with Crippen LogP contribution in [0.3, 0.4) is 0 Å². The van der Waals surface area contributed by atoms with E-state index < -0.39 is 0 Å². The molecule has 3 nitrogen and oxygen atoms in total. The van der Waals surface area contributed by atoms with Gasteiger partial charge in [-0.1, -0.05) is 19.8 Å². The molecule has 3 heteroatoms. The molecule has 1 aromatic heterocycles. The third-order valence-corrected chi connectivity index (χ3v) is 3.07. The summed E-state index contributed by atoms with van der Waals surface area (Å²) in [6, 6.07) is 4.25. The van der Waals surface area contributed by atoms with E-state index in [0.29, 0.717) is 6.04 Å². The van der Waals surface area contributed by atoms with Crippen molar-refractivity contribution in [2.24, 2.45) is 5.92 Å². The van der Waals surface area contributed by atoms with E-state index in [0.717, 1.165) is 23.9 Å². The molecule has 88 valence electrons. The Morgan fingerprint density at radius 2 is 2.38 bits per heavy atom. The fourth-order valence-corrected chi connectivity index (χ4v) is 2.06. The van der Waals surface area contributed by atoms with Crippen LogP contribution < -0.4 is 10.1 Å². The first kappa shape index (κ1) is 11.4. The Labute approximate surface area is 97.2 Å². The van der Waals surface area contributed by atoms with Gasteiger partial charge in [0.25, 0.3) is 0 Å². The van der Waals surface area contributed by atoms with Gasteiger partial charge in [-0.05, 0) is 31.0 Å². The average molecular weight is 220 g/mol. The minimum Gasteiger partial charge on any atom is -0.495 e. The molecule has 1 unspecified atom stereocenters. The monoisotopic (exact) mass is 220 g/mol. The molecule has 1 aliphatic rings. The number of ether oxygens (including phenoxy) is 1. The first-order valence-electron chi connectivity index (χ1n) is 6.07. The van der Waals surface area contributed by atoms with Crippen LogP contribution in [0.2, 0.25) is 0 Å². The molecule has 1 saturated carbocycles. The molecule has 1 aromatic rings. The van der Waals surface area contributed by atoms with Gasteiger partial charge in [0, 0.05) is 6.20 Å². The van der Waals surface area contributed by atoms with Crippen LogP contribution in [0, 0.1) is 5.92 Å². The van der Waals surface area contributed by atoms with Crippen molar-refractivity contribution in [2.45, 2.75) is 32.2 Å². The summed E-state index contributed by atoms with van der Waals surface area (Å²) in [6.45, 7) is 3.10. The largest absolute Gasteiger partial charge is 0.495 e. The van der Waals surface area contributed by atoms with Crippen molar-refractivity contribution in [1.29, 1.82) is 0 Å². The lowest BCUT2D eigenvalue weighted by Gasteiger charge is -2.19. The molecule has 0 aromatic carbocycles. The van der Waals surface area contributed by atoms with Crippen molar-refractivity contribution in [1.82, 2.24) is 10.3 Å². The fourth-order valence-electron chi connectivity index (χ4n) is 2.06. The van der Waals surface area contributed by atoms with Crippen LogP contribution in [0.25, 0.3) is 0 Å². The van der Waals surface area contributed by atoms with E-state index in [1.165, 1.54) is 19.3 Å². The highest BCUT2D eigenvalue weighted by Crippen LogP contribution is 2.38. The SMILES string of the molecule is CCNC(CC1CC1)c1ncccc1OC. The second-order valence-corrected chi connectivity index (χ2v) is 4.38. The van der Waals surface area contributed by atoms with Gasteiger partial charge in [0.05, 0.1) is 18.8 Å². The Morgan fingerprint density at radius 1 is 1.56 bits per heavy atom. The fraction of sp³-hybridized carbons (Fsp3) is 0.615. The van der Waals surface area contributed by atoms with E-state index in [1.54, 1.807) is 7.11 Å². The average Bonchev–Trinajstić information content (AvgIpc) is 3.12. The second-order valence-electron chi connectivity index (χ2n) is 4.38. The third kappa shape index (κ3) is 2.73. The number of hydrogen-bond acceptors (Lipinski definition) is 3. The maximum atomic E-state index is 5.37. The molecule has 0 saturated heterocycles. The summed E-state index contributed by atoms with van der Waals surface area (Å²) in [5, 5.41) is 3.50. The van der Waals surface area contributed by atoms with Gasteiger partial charge in [0.2, 0.25) is 0 Å². The summed E-state index contributed by atoms with van der Waals surface area (Å²) in [6.07, 6.45) is 5.77. The number of aromatic nitrogens is 1. The standard InChI is InChI=1S/C13H20N2O/c1-3-14-11(9-10-6-7-10)13-12(16-2)5-4-8-15-13/h4-5,8,10-11,14H,3,6-7,9H2,1-2H3. The number of methoxy groups -OCH3 is 1. The topological polar surface area (TPSA) is 34.2 Å². The van der Waals surface area contributed by atoms with Crippen LogP contribution in [0.5, 0.6) is 5.75 Å². The molecule has 1 fully saturated rings.